The highest BCUT2D eigenvalue weighted by Gasteiger charge is 2.12. The number of benzene rings is 2. The number of tetrazole rings is 1. The van der Waals surface area contributed by atoms with E-state index in [4.69, 9.17) is 4.74 Å². The van der Waals surface area contributed by atoms with Gasteiger partial charge in [0.1, 0.15) is 12.3 Å². The number of rotatable bonds is 6. The summed E-state index contributed by atoms with van der Waals surface area (Å²) in [6.45, 7) is 4.30. The van der Waals surface area contributed by atoms with E-state index in [1.807, 2.05) is 48.5 Å². The average molecular weight is 336 g/mol. The molecule has 6 nitrogen and oxygen atoms in total. The molecule has 0 saturated carbocycles. The molecule has 0 radical (unpaired) electrons. The quantitative estimate of drug-likeness (QED) is 0.646. The number of aromatic nitrogens is 4. The van der Waals surface area contributed by atoms with Gasteiger partial charge in [-0.15, -0.1) is 10.2 Å². The monoisotopic (exact) mass is 336 g/mol. The lowest BCUT2D eigenvalue weighted by molar-refractivity contribution is 0.0961. The fourth-order valence-corrected chi connectivity index (χ4v) is 2.46. The number of ether oxygens (including phenoxy) is 1. The number of nitrogens with zero attached hydrogens (tertiary/aromatic N) is 4. The molecule has 0 fully saturated rings. The van der Waals surface area contributed by atoms with Crippen LogP contribution in [0.5, 0.6) is 5.75 Å². The van der Waals surface area contributed by atoms with E-state index in [-0.39, 0.29) is 12.3 Å². The second-order valence-electron chi connectivity index (χ2n) is 6.08. The van der Waals surface area contributed by atoms with Gasteiger partial charge >= 0.3 is 0 Å². The molecule has 0 amide bonds. The van der Waals surface area contributed by atoms with Crippen molar-refractivity contribution in [2.75, 3.05) is 7.11 Å². The van der Waals surface area contributed by atoms with Crippen LogP contribution in [0.1, 0.15) is 35.7 Å². The standard InChI is InChI=1S/C19H20N4O2/c1-13(2)14-7-9-15(10-8-14)18(24)12-23-21-19(20-22-23)16-5-4-6-17(11-16)25-3/h4-11,13H,12H2,1-3H3. The van der Waals surface area contributed by atoms with Crippen molar-refractivity contribution in [2.24, 2.45) is 0 Å². The zero-order valence-electron chi connectivity index (χ0n) is 14.5. The third kappa shape index (κ3) is 3.91. The van der Waals surface area contributed by atoms with Crippen LogP contribution in [0, 0.1) is 0 Å². The van der Waals surface area contributed by atoms with Crippen LogP contribution < -0.4 is 4.74 Å². The number of hydrogen-bond acceptors (Lipinski definition) is 5. The first kappa shape index (κ1) is 16.8. The van der Waals surface area contributed by atoms with E-state index < -0.39 is 0 Å². The zero-order chi connectivity index (χ0) is 17.8. The first-order valence-electron chi connectivity index (χ1n) is 8.12. The van der Waals surface area contributed by atoms with Crippen LogP contribution in [0.3, 0.4) is 0 Å². The maximum Gasteiger partial charge on any atom is 0.205 e. The van der Waals surface area contributed by atoms with Crippen molar-refractivity contribution >= 4 is 5.78 Å². The Morgan fingerprint density at radius 2 is 1.92 bits per heavy atom. The Balaban J connectivity index is 1.73. The normalized spacial score (nSPS) is 10.9. The highest BCUT2D eigenvalue weighted by Crippen LogP contribution is 2.20. The number of carbonyl (C=O) groups excluding carboxylic acids is 1. The molecule has 128 valence electrons. The van der Waals surface area contributed by atoms with Crippen LogP contribution in [-0.4, -0.2) is 33.1 Å². The molecule has 0 aliphatic rings. The van der Waals surface area contributed by atoms with Crippen LogP contribution in [0.4, 0.5) is 0 Å². The summed E-state index contributed by atoms with van der Waals surface area (Å²) in [5, 5.41) is 12.3. The highest BCUT2D eigenvalue weighted by atomic mass is 16.5. The molecule has 1 heterocycles. The van der Waals surface area contributed by atoms with Gasteiger partial charge in [-0.1, -0.05) is 50.2 Å². The minimum absolute atomic E-state index is 0.0510. The van der Waals surface area contributed by atoms with E-state index >= 15 is 0 Å². The molecule has 0 atom stereocenters. The van der Waals surface area contributed by atoms with E-state index in [0.717, 1.165) is 11.3 Å². The lowest BCUT2D eigenvalue weighted by Gasteiger charge is -2.06. The van der Waals surface area contributed by atoms with Gasteiger partial charge in [0.2, 0.25) is 5.82 Å². The van der Waals surface area contributed by atoms with Gasteiger partial charge < -0.3 is 4.74 Å². The van der Waals surface area contributed by atoms with Gasteiger partial charge in [0.25, 0.3) is 0 Å². The highest BCUT2D eigenvalue weighted by molar-refractivity contribution is 5.95. The second kappa shape index (κ2) is 7.25. The van der Waals surface area contributed by atoms with E-state index in [1.54, 1.807) is 7.11 Å². The molecule has 0 bridgehead atoms. The van der Waals surface area contributed by atoms with E-state index in [2.05, 4.69) is 29.3 Å². The SMILES string of the molecule is COc1cccc(-c2nnn(CC(=O)c3ccc(C(C)C)cc3)n2)c1. The first-order chi connectivity index (χ1) is 12.1. The van der Waals surface area contributed by atoms with Gasteiger partial charge in [-0.05, 0) is 28.8 Å². The third-order valence-corrected chi connectivity index (χ3v) is 3.97. The summed E-state index contributed by atoms with van der Waals surface area (Å²) in [5.74, 6) is 1.56. The maximum atomic E-state index is 12.4. The fourth-order valence-electron chi connectivity index (χ4n) is 2.46. The van der Waals surface area contributed by atoms with Crippen molar-refractivity contribution in [2.45, 2.75) is 26.3 Å². The number of methoxy groups -OCH3 is 1. The van der Waals surface area contributed by atoms with Gasteiger partial charge in [0.15, 0.2) is 5.78 Å². The second-order valence-corrected chi connectivity index (χ2v) is 6.08. The fraction of sp³-hybridized carbons (Fsp3) is 0.263. The van der Waals surface area contributed by atoms with Crippen molar-refractivity contribution in [3.05, 3.63) is 59.7 Å². The Kier molecular flexibility index (Phi) is 4.88. The Morgan fingerprint density at radius 3 is 2.60 bits per heavy atom. The lowest BCUT2D eigenvalue weighted by Crippen LogP contribution is -2.13. The number of Topliss-reactive ketones (excluding diaryl/α,β-unsaturated/α-hetero) is 1. The molecule has 25 heavy (non-hydrogen) atoms. The molecule has 0 unspecified atom stereocenters. The molecule has 3 aromatic rings. The molecule has 0 aliphatic heterocycles. The van der Waals surface area contributed by atoms with Gasteiger partial charge in [-0.25, -0.2) is 0 Å². The lowest BCUT2D eigenvalue weighted by atomic mass is 10.0. The van der Waals surface area contributed by atoms with Crippen LogP contribution in [0.15, 0.2) is 48.5 Å². The molecule has 6 heteroatoms. The zero-order valence-corrected chi connectivity index (χ0v) is 14.5. The van der Waals surface area contributed by atoms with Crippen LogP contribution >= 0.6 is 0 Å². The van der Waals surface area contributed by atoms with Gasteiger partial charge in [0, 0.05) is 11.1 Å². The molecular weight excluding hydrogens is 316 g/mol. The van der Waals surface area contributed by atoms with Crippen LogP contribution in [0.25, 0.3) is 11.4 Å². The summed E-state index contributed by atoms with van der Waals surface area (Å²) >= 11 is 0. The summed E-state index contributed by atoms with van der Waals surface area (Å²) < 4.78 is 5.20. The Labute approximate surface area is 146 Å². The smallest absolute Gasteiger partial charge is 0.205 e. The molecule has 1 aromatic heterocycles. The molecule has 0 aliphatic carbocycles. The Morgan fingerprint density at radius 1 is 1.16 bits per heavy atom. The minimum atomic E-state index is -0.0510. The summed E-state index contributed by atoms with van der Waals surface area (Å²) in [6, 6.07) is 15.1. The largest absolute Gasteiger partial charge is 0.497 e. The number of carbonyl (C=O) groups is 1. The van der Waals surface area contributed by atoms with Gasteiger partial charge in [0.05, 0.1) is 7.11 Å². The van der Waals surface area contributed by atoms with E-state index in [9.17, 15) is 4.79 Å². The van der Waals surface area contributed by atoms with E-state index in [1.165, 1.54) is 10.4 Å². The number of hydrogen-bond donors (Lipinski definition) is 0. The number of ketones is 1. The molecule has 0 spiro atoms. The summed E-state index contributed by atoms with van der Waals surface area (Å²) in [4.78, 5) is 13.7. The van der Waals surface area contributed by atoms with E-state index in [0.29, 0.717) is 17.3 Å². The first-order valence-corrected chi connectivity index (χ1v) is 8.12. The molecular formula is C19H20N4O2. The summed E-state index contributed by atoms with van der Waals surface area (Å²) in [5.41, 5.74) is 2.64. The maximum absolute atomic E-state index is 12.4. The van der Waals surface area contributed by atoms with Crippen molar-refractivity contribution in [1.29, 1.82) is 0 Å². The van der Waals surface area contributed by atoms with Crippen molar-refractivity contribution in [3.8, 4) is 17.1 Å². The topological polar surface area (TPSA) is 69.9 Å². The molecule has 2 aromatic carbocycles. The van der Waals surface area contributed by atoms with Crippen molar-refractivity contribution < 1.29 is 9.53 Å². The predicted octanol–water partition coefficient (Wildman–Crippen LogP) is 3.36. The van der Waals surface area contributed by atoms with Crippen molar-refractivity contribution in [3.63, 3.8) is 0 Å². The van der Waals surface area contributed by atoms with Crippen molar-refractivity contribution in [1.82, 2.24) is 20.2 Å². The predicted molar refractivity (Wildman–Crippen MR) is 94.7 cm³/mol. The van der Waals surface area contributed by atoms with Crippen LogP contribution in [0.2, 0.25) is 0 Å². The third-order valence-electron chi connectivity index (χ3n) is 3.97. The Bertz CT molecular complexity index is 869. The molecule has 3 rings (SSSR count). The van der Waals surface area contributed by atoms with Crippen LogP contribution in [-0.2, 0) is 6.54 Å². The minimum Gasteiger partial charge on any atom is -0.497 e. The summed E-state index contributed by atoms with van der Waals surface area (Å²) in [7, 11) is 1.60. The molecule has 0 N–H and O–H groups in total. The molecule has 0 saturated heterocycles. The Hall–Kier alpha value is -3.02. The summed E-state index contributed by atoms with van der Waals surface area (Å²) in [6.07, 6.45) is 0. The average Bonchev–Trinajstić information content (AvgIpc) is 3.10. The van der Waals surface area contributed by atoms with Gasteiger partial charge in [-0.2, -0.15) is 4.80 Å². The van der Waals surface area contributed by atoms with Gasteiger partial charge in [-0.3, -0.25) is 4.79 Å².